The summed E-state index contributed by atoms with van der Waals surface area (Å²) >= 11 is 1.75. The van der Waals surface area contributed by atoms with E-state index in [1.54, 1.807) is 11.3 Å². The Kier molecular flexibility index (Phi) is 5.16. The highest BCUT2D eigenvalue weighted by atomic mass is 32.1. The summed E-state index contributed by atoms with van der Waals surface area (Å²) in [5.41, 5.74) is 1.32. The molecule has 0 radical (unpaired) electrons. The van der Waals surface area contributed by atoms with E-state index in [1.165, 1.54) is 10.4 Å². The number of thiophene rings is 1. The first-order chi connectivity index (χ1) is 8.75. The lowest BCUT2D eigenvalue weighted by Crippen LogP contribution is -2.44. The first-order valence-electron chi connectivity index (χ1n) is 6.36. The maximum absolute atomic E-state index is 11.7. The first-order valence-corrected chi connectivity index (χ1v) is 7.24. The third-order valence-electron chi connectivity index (χ3n) is 3.07. The van der Waals surface area contributed by atoms with Crippen LogP contribution >= 0.6 is 11.3 Å². The minimum atomic E-state index is 0.104. The summed E-state index contributed by atoms with van der Waals surface area (Å²) < 4.78 is 5.32. The normalized spacial score (nSPS) is 19.7. The molecule has 0 aromatic carbocycles. The van der Waals surface area contributed by atoms with E-state index in [4.69, 9.17) is 4.74 Å². The predicted octanol–water partition coefficient (Wildman–Crippen LogP) is 1.09. The van der Waals surface area contributed by atoms with Crippen LogP contribution in [0, 0.1) is 6.92 Å². The smallest absolute Gasteiger partial charge is 0.221 e. The molecule has 1 fully saturated rings. The zero-order chi connectivity index (χ0) is 12.8. The first kappa shape index (κ1) is 13.5. The van der Waals surface area contributed by atoms with Crippen molar-refractivity contribution in [2.45, 2.75) is 25.8 Å². The Morgan fingerprint density at radius 2 is 2.56 bits per heavy atom. The van der Waals surface area contributed by atoms with Gasteiger partial charge in [-0.1, -0.05) is 0 Å². The Balaban J connectivity index is 1.64. The van der Waals surface area contributed by atoms with Crippen molar-refractivity contribution in [1.82, 2.24) is 10.6 Å². The highest BCUT2D eigenvalue weighted by Gasteiger charge is 2.16. The molecule has 5 heteroatoms. The van der Waals surface area contributed by atoms with Crippen molar-refractivity contribution in [3.8, 4) is 0 Å². The molecule has 0 saturated carbocycles. The summed E-state index contributed by atoms with van der Waals surface area (Å²) in [6.45, 7) is 5.05. The largest absolute Gasteiger partial charge is 0.378 e. The molecule has 1 aromatic rings. The Bertz CT molecular complexity index is 386. The van der Waals surface area contributed by atoms with Gasteiger partial charge in [-0.2, -0.15) is 0 Å². The predicted molar refractivity (Wildman–Crippen MR) is 73.0 cm³/mol. The van der Waals surface area contributed by atoms with Crippen LogP contribution in [0.5, 0.6) is 0 Å². The van der Waals surface area contributed by atoms with Crippen LogP contribution in [0.2, 0.25) is 0 Å². The molecule has 4 nitrogen and oxygen atoms in total. The second-order valence-corrected chi connectivity index (χ2v) is 5.56. The van der Waals surface area contributed by atoms with Gasteiger partial charge in [-0.3, -0.25) is 4.79 Å². The van der Waals surface area contributed by atoms with Gasteiger partial charge in [0.05, 0.1) is 13.2 Å². The number of hydrogen-bond acceptors (Lipinski definition) is 4. The van der Waals surface area contributed by atoms with Gasteiger partial charge in [0.2, 0.25) is 5.91 Å². The van der Waals surface area contributed by atoms with Crippen molar-refractivity contribution < 1.29 is 9.53 Å². The molecule has 1 unspecified atom stereocenters. The summed E-state index contributed by atoms with van der Waals surface area (Å²) in [6.07, 6.45) is 1.42. The quantitative estimate of drug-likeness (QED) is 0.840. The number of rotatable bonds is 5. The summed E-state index contributed by atoms with van der Waals surface area (Å²) in [6, 6.07) is 2.28. The van der Waals surface area contributed by atoms with E-state index >= 15 is 0 Å². The second-order valence-electron chi connectivity index (χ2n) is 4.56. The Labute approximate surface area is 112 Å². The lowest BCUT2D eigenvalue weighted by molar-refractivity contribution is -0.122. The van der Waals surface area contributed by atoms with Crippen LogP contribution in [0.15, 0.2) is 11.4 Å². The van der Waals surface area contributed by atoms with Gasteiger partial charge in [-0.15, -0.1) is 11.3 Å². The monoisotopic (exact) mass is 268 g/mol. The van der Waals surface area contributed by atoms with Gasteiger partial charge in [-0.05, 0) is 30.4 Å². The number of carbonyl (C=O) groups is 1. The molecular formula is C13H20N2O2S. The van der Waals surface area contributed by atoms with Gasteiger partial charge in [0.15, 0.2) is 0 Å². The van der Waals surface area contributed by atoms with E-state index in [1.807, 2.05) is 0 Å². The molecule has 1 atom stereocenters. The lowest BCUT2D eigenvalue weighted by Gasteiger charge is -2.23. The maximum atomic E-state index is 11.7. The zero-order valence-electron chi connectivity index (χ0n) is 10.7. The second kappa shape index (κ2) is 6.87. The van der Waals surface area contributed by atoms with Gasteiger partial charge in [0.1, 0.15) is 0 Å². The van der Waals surface area contributed by atoms with E-state index in [9.17, 15) is 4.79 Å². The van der Waals surface area contributed by atoms with E-state index in [0.717, 1.165) is 19.6 Å². The van der Waals surface area contributed by atoms with Gasteiger partial charge in [-0.25, -0.2) is 0 Å². The van der Waals surface area contributed by atoms with Crippen molar-refractivity contribution in [3.63, 3.8) is 0 Å². The number of hydrogen-bond donors (Lipinski definition) is 2. The summed E-state index contributed by atoms with van der Waals surface area (Å²) in [4.78, 5) is 13.1. The van der Waals surface area contributed by atoms with Crippen molar-refractivity contribution in [3.05, 3.63) is 21.9 Å². The third-order valence-corrected chi connectivity index (χ3v) is 4.16. The molecule has 2 N–H and O–H groups in total. The van der Waals surface area contributed by atoms with E-state index in [2.05, 4.69) is 29.0 Å². The molecule has 2 rings (SSSR count). The molecule has 1 aromatic heterocycles. The molecule has 0 spiro atoms. The van der Waals surface area contributed by atoms with Crippen LogP contribution in [0.25, 0.3) is 0 Å². The highest BCUT2D eigenvalue weighted by Crippen LogP contribution is 2.15. The minimum Gasteiger partial charge on any atom is -0.378 e. The summed E-state index contributed by atoms with van der Waals surface area (Å²) in [5, 5.41) is 8.34. The average Bonchev–Trinajstić information content (AvgIpc) is 2.76. The lowest BCUT2D eigenvalue weighted by atomic mass is 10.2. The maximum Gasteiger partial charge on any atom is 0.221 e. The van der Waals surface area contributed by atoms with Crippen LogP contribution in [0.1, 0.15) is 16.9 Å². The fourth-order valence-corrected chi connectivity index (χ4v) is 2.93. The number of amides is 1. The topological polar surface area (TPSA) is 50.4 Å². The average molecular weight is 268 g/mol. The molecule has 1 saturated heterocycles. The zero-order valence-corrected chi connectivity index (χ0v) is 11.5. The number of nitrogens with one attached hydrogen (secondary N) is 2. The molecule has 100 valence electrons. The Morgan fingerprint density at radius 3 is 3.22 bits per heavy atom. The van der Waals surface area contributed by atoms with Crippen LogP contribution < -0.4 is 10.6 Å². The van der Waals surface area contributed by atoms with E-state index in [-0.39, 0.29) is 11.9 Å². The van der Waals surface area contributed by atoms with Crippen LogP contribution in [-0.4, -0.2) is 38.3 Å². The number of morpholine rings is 1. The van der Waals surface area contributed by atoms with Crippen molar-refractivity contribution in [2.75, 3.05) is 26.3 Å². The van der Waals surface area contributed by atoms with Crippen LogP contribution in [0.3, 0.4) is 0 Å². The molecule has 1 aliphatic rings. The number of carbonyl (C=O) groups excluding carboxylic acids is 1. The Hall–Kier alpha value is -0.910. The van der Waals surface area contributed by atoms with E-state index in [0.29, 0.717) is 19.6 Å². The van der Waals surface area contributed by atoms with Gasteiger partial charge >= 0.3 is 0 Å². The Morgan fingerprint density at radius 1 is 1.67 bits per heavy atom. The minimum absolute atomic E-state index is 0.104. The van der Waals surface area contributed by atoms with E-state index < -0.39 is 0 Å². The highest BCUT2D eigenvalue weighted by molar-refractivity contribution is 7.10. The fraction of sp³-hybridized carbons (Fsp3) is 0.615. The molecule has 18 heavy (non-hydrogen) atoms. The fourth-order valence-electron chi connectivity index (χ4n) is 2.02. The van der Waals surface area contributed by atoms with Crippen molar-refractivity contribution >= 4 is 17.2 Å². The molecular weight excluding hydrogens is 248 g/mol. The molecule has 2 heterocycles. The van der Waals surface area contributed by atoms with Crippen molar-refractivity contribution in [2.24, 2.45) is 0 Å². The SMILES string of the molecule is Cc1ccsc1CCNC(=O)CC1COCCN1. The number of aryl methyl sites for hydroxylation is 1. The third kappa shape index (κ3) is 4.08. The number of ether oxygens (including phenoxy) is 1. The summed E-state index contributed by atoms with van der Waals surface area (Å²) in [7, 11) is 0. The molecule has 0 bridgehead atoms. The van der Waals surface area contributed by atoms with Crippen LogP contribution in [-0.2, 0) is 16.0 Å². The van der Waals surface area contributed by atoms with Crippen molar-refractivity contribution in [1.29, 1.82) is 0 Å². The van der Waals surface area contributed by atoms with Gasteiger partial charge in [0.25, 0.3) is 0 Å². The van der Waals surface area contributed by atoms with Gasteiger partial charge in [0, 0.05) is 30.4 Å². The molecule has 0 aliphatic carbocycles. The summed E-state index contributed by atoms with van der Waals surface area (Å²) in [5.74, 6) is 0.104. The van der Waals surface area contributed by atoms with Crippen LogP contribution in [0.4, 0.5) is 0 Å². The molecule has 1 amide bonds. The standard InChI is InChI=1S/C13H20N2O2S/c1-10-3-7-18-12(10)2-4-15-13(16)8-11-9-17-6-5-14-11/h3,7,11,14H,2,4-6,8-9H2,1H3,(H,15,16). The molecule has 1 aliphatic heterocycles. The van der Waals surface area contributed by atoms with Gasteiger partial charge < -0.3 is 15.4 Å².